The molecule has 0 radical (unpaired) electrons. The summed E-state index contributed by atoms with van der Waals surface area (Å²) < 4.78 is 13.4. The molecule has 0 bridgehead atoms. The lowest BCUT2D eigenvalue weighted by atomic mass is 9.95. The van der Waals surface area contributed by atoms with Crippen molar-refractivity contribution in [2.75, 3.05) is 19.6 Å². The van der Waals surface area contributed by atoms with Crippen molar-refractivity contribution in [3.63, 3.8) is 0 Å². The fourth-order valence-corrected chi connectivity index (χ4v) is 3.82. The number of hydrogen-bond acceptors (Lipinski definition) is 4. The number of urea groups is 1. The van der Waals surface area contributed by atoms with Gasteiger partial charge in [-0.05, 0) is 29.8 Å². The topological polar surface area (TPSA) is 94.6 Å². The fourth-order valence-electron chi connectivity index (χ4n) is 3.82. The molecule has 1 atom stereocenters. The van der Waals surface area contributed by atoms with Gasteiger partial charge in [-0.15, -0.1) is 6.58 Å². The maximum absolute atomic E-state index is 13.4. The Labute approximate surface area is 184 Å². The highest BCUT2D eigenvalue weighted by molar-refractivity contribution is 6.03. The largest absolute Gasteiger partial charge is 0.349 e. The number of halogens is 1. The quantitative estimate of drug-likeness (QED) is 0.650. The SMILES string of the molecule is C=CCN1C(=O)NC(c2ccc(F)cc2)C2=C1CN(CC(=O)NCc1ccccn1)C2=O. The number of hydrogen-bond donors (Lipinski definition) is 2. The summed E-state index contributed by atoms with van der Waals surface area (Å²) in [6, 6.07) is 9.91. The molecule has 9 heteroatoms. The van der Waals surface area contributed by atoms with Crippen LogP contribution in [-0.2, 0) is 16.1 Å². The van der Waals surface area contributed by atoms with Crippen molar-refractivity contribution in [1.82, 2.24) is 25.4 Å². The Hall–Kier alpha value is -4.01. The van der Waals surface area contributed by atoms with Crippen LogP contribution in [0.1, 0.15) is 17.3 Å². The number of rotatable bonds is 7. The highest BCUT2D eigenvalue weighted by atomic mass is 19.1. The smallest absolute Gasteiger partial charge is 0.322 e. The summed E-state index contributed by atoms with van der Waals surface area (Å²) in [5, 5.41) is 5.57. The summed E-state index contributed by atoms with van der Waals surface area (Å²) in [6.45, 7) is 4.09. The molecular formula is C23H22FN5O3. The third-order valence-corrected chi connectivity index (χ3v) is 5.34. The third kappa shape index (κ3) is 4.22. The van der Waals surface area contributed by atoms with E-state index < -0.39 is 11.9 Å². The van der Waals surface area contributed by atoms with Gasteiger partial charge in [0.2, 0.25) is 5.91 Å². The highest BCUT2D eigenvalue weighted by Crippen LogP contribution is 2.36. The zero-order valence-corrected chi connectivity index (χ0v) is 17.3. The number of pyridine rings is 1. The van der Waals surface area contributed by atoms with Crippen molar-refractivity contribution < 1.29 is 18.8 Å². The molecule has 1 aromatic carbocycles. The molecule has 164 valence electrons. The minimum absolute atomic E-state index is 0.115. The van der Waals surface area contributed by atoms with E-state index in [9.17, 15) is 18.8 Å². The van der Waals surface area contributed by atoms with E-state index in [1.165, 1.54) is 34.1 Å². The first-order valence-electron chi connectivity index (χ1n) is 10.1. The Morgan fingerprint density at radius 2 is 2.03 bits per heavy atom. The molecule has 8 nitrogen and oxygen atoms in total. The third-order valence-electron chi connectivity index (χ3n) is 5.34. The summed E-state index contributed by atoms with van der Waals surface area (Å²) in [7, 11) is 0. The minimum atomic E-state index is -0.728. The van der Waals surface area contributed by atoms with Gasteiger partial charge in [-0.1, -0.05) is 24.3 Å². The normalized spacial score (nSPS) is 17.8. The second kappa shape index (κ2) is 9.01. The lowest BCUT2D eigenvalue weighted by molar-refractivity contribution is -0.132. The summed E-state index contributed by atoms with van der Waals surface area (Å²) in [4.78, 5) is 45.4. The zero-order valence-electron chi connectivity index (χ0n) is 17.3. The van der Waals surface area contributed by atoms with Crippen molar-refractivity contribution in [2.45, 2.75) is 12.6 Å². The molecule has 0 aliphatic carbocycles. The first kappa shape index (κ1) is 21.2. The highest BCUT2D eigenvalue weighted by Gasteiger charge is 2.44. The molecular weight excluding hydrogens is 413 g/mol. The van der Waals surface area contributed by atoms with Crippen LogP contribution in [0.2, 0.25) is 0 Å². The maximum Gasteiger partial charge on any atom is 0.322 e. The Morgan fingerprint density at radius 3 is 2.72 bits per heavy atom. The summed E-state index contributed by atoms with van der Waals surface area (Å²) >= 11 is 0. The number of nitrogens with zero attached hydrogens (tertiary/aromatic N) is 3. The van der Waals surface area contributed by atoms with Crippen LogP contribution in [0, 0.1) is 5.82 Å². The van der Waals surface area contributed by atoms with Crippen LogP contribution >= 0.6 is 0 Å². The fraction of sp³-hybridized carbons (Fsp3) is 0.217. The van der Waals surface area contributed by atoms with E-state index >= 15 is 0 Å². The van der Waals surface area contributed by atoms with Crippen LogP contribution in [-0.4, -0.2) is 52.3 Å². The van der Waals surface area contributed by atoms with E-state index in [1.54, 1.807) is 24.4 Å². The molecule has 4 rings (SSSR count). The van der Waals surface area contributed by atoms with E-state index in [2.05, 4.69) is 22.2 Å². The van der Waals surface area contributed by atoms with Gasteiger partial charge in [0.15, 0.2) is 0 Å². The number of aromatic nitrogens is 1. The molecule has 0 spiro atoms. The standard InChI is InChI=1S/C23H22FN5O3/c1-2-11-29-18-13-28(14-19(30)26-12-17-5-3-4-10-25-17)22(31)20(18)21(27-23(29)32)15-6-8-16(24)9-7-15/h2-10,21H,1,11-14H2,(H,26,30)(H,27,32). The van der Waals surface area contributed by atoms with Gasteiger partial charge in [0.25, 0.3) is 5.91 Å². The van der Waals surface area contributed by atoms with Crippen LogP contribution < -0.4 is 10.6 Å². The van der Waals surface area contributed by atoms with Crippen LogP contribution in [0.15, 0.2) is 72.6 Å². The van der Waals surface area contributed by atoms with Gasteiger partial charge in [0, 0.05) is 12.7 Å². The van der Waals surface area contributed by atoms with Crippen LogP contribution in [0.25, 0.3) is 0 Å². The van der Waals surface area contributed by atoms with E-state index in [4.69, 9.17) is 0 Å². The van der Waals surface area contributed by atoms with Gasteiger partial charge in [-0.2, -0.15) is 0 Å². The Bertz CT molecular complexity index is 1080. The summed E-state index contributed by atoms with van der Waals surface area (Å²) in [6.07, 6.45) is 3.20. The zero-order chi connectivity index (χ0) is 22.7. The van der Waals surface area contributed by atoms with E-state index in [0.29, 0.717) is 22.5 Å². The average Bonchev–Trinajstić information content (AvgIpc) is 3.11. The molecule has 3 heterocycles. The molecule has 0 fully saturated rings. The predicted molar refractivity (Wildman–Crippen MR) is 114 cm³/mol. The number of carbonyl (C=O) groups is 3. The van der Waals surface area contributed by atoms with Crippen LogP contribution in [0.5, 0.6) is 0 Å². The van der Waals surface area contributed by atoms with Crippen molar-refractivity contribution >= 4 is 17.8 Å². The molecule has 2 aromatic rings. The first-order chi connectivity index (χ1) is 15.5. The second-order valence-corrected chi connectivity index (χ2v) is 7.45. The molecule has 2 N–H and O–H groups in total. The second-order valence-electron chi connectivity index (χ2n) is 7.45. The van der Waals surface area contributed by atoms with Gasteiger partial charge >= 0.3 is 6.03 Å². The number of carbonyl (C=O) groups excluding carboxylic acids is 3. The first-order valence-corrected chi connectivity index (χ1v) is 10.1. The monoisotopic (exact) mass is 435 g/mol. The van der Waals surface area contributed by atoms with Gasteiger partial charge in [-0.3, -0.25) is 19.5 Å². The molecule has 1 unspecified atom stereocenters. The van der Waals surface area contributed by atoms with Crippen molar-refractivity contribution in [3.8, 4) is 0 Å². The number of benzene rings is 1. The molecule has 0 saturated heterocycles. The minimum Gasteiger partial charge on any atom is -0.349 e. The molecule has 4 amide bonds. The van der Waals surface area contributed by atoms with Crippen molar-refractivity contribution in [1.29, 1.82) is 0 Å². The van der Waals surface area contributed by atoms with Crippen LogP contribution in [0.3, 0.4) is 0 Å². The van der Waals surface area contributed by atoms with Crippen LogP contribution in [0.4, 0.5) is 9.18 Å². The van der Waals surface area contributed by atoms with Gasteiger partial charge < -0.3 is 15.5 Å². The van der Waals surface area contributed by atoms with E-state index in [1.807, 2.05) is 6.07 Å². The molecule has 1 aromatic heterocycles. The predicted octanol–water partition coefficient (Wildman–Crippen LogP) is 1.89. The number of nitrogens with one attached hydrogen (secondary N) is 2. The average molecular weight is 435 g/mol. The van der Waals surface area contributed by atoms with E-state index in [0.717, 1.165) is 0 Å². The molecule has 0 saturated carbocycles. The lowest BCUT2D eigenvalue weighted by Gasteiger charge is -2.33. The summed E-state index contributed by atoms with van der Waals surface area (Å²) in [5.74, 6) is -1.10. The summed E-state index contributed by atoms with van der Waals surface area (Å²) in [5.41, 5.74) is 2.18. The van der Waals surface area contributed by atoms with E-state index in [-0.39, 0.29) is 44.0 Å². The molecule has 2 aliphatic heterocycles. The van der Waals surface area contributed by atoms with Crippen molar-refractivity contribution in [3.05, 3.63) is 89.7 Å². The van der Waals surface area contributed by atoms with Gasteiger partial charge in [0.1, 0.15) is 12.4 Å². The lowest BCUT2D eigenvalue weighted by Crippen LogP contribution is -2.47. The Kier molecular flexibility index (Phi) is 5.98. The maximum atomic E-state index is 13.4. The Morgan fingerprint density at radius 1 is 1.25 bits per heavy atom. The molecule has 32 heavy (non-hydrogen) atoms. The van der Waals surface area contributed by atoms with Crippen molar-refractivity contribution in [2.24, 2.45) is 0 Å². The number of amides is 4. The van der Waals surface area contributed by atoms with Gasteiger partial charge in [0.05, 0.1) is 36.1 Å². The van der Waals surface area contributed by atoms with Gasteiger partial charge in [-0.25, -0.2) is 9.18 Å². The molecule has 2 aliphatic rings. The Balaban J connectivity index is 1.53.